The molecule has 1 heterocycles. The molecular formula is C14H13NO7. The number of cyclic esters (lactones) is 1. The van der Waals surface area contributed by atoms with Crippen molar-refractivity contribution in [3.8, 4) is 11.5 Å². The zero-order valence-electron chi connectivity index (χ0n) is 11.9. The van der Waals surface area contributed by atoms with Crippen LogP contribution in [0.5, 0.6) is 11.5 Å². The van der Waals surface area contributed by atoms with Crippen LogP contribution in [0.25, 0.3) is 0 Å². The van der Waals surface area contributed by atoms with Crippen molar-refractivity contribution in [3.63, 3.8) is 0 Å². The Morgan fingerprint density at radius 2 is 1.77 bits per heavy atom. The van der Waals surface area contributed by atoms with Crippen molar-refractivity contribution in [2.24, 2.45) is 0 Å². The summed E-state index contributed by atoms with van der Waals surface area (Å²) in [5.74, 6) is -1.56. The summed E-state index contributed by atoms with van der Waals surface area (Å²) in [5, 5.41) is 2.02. The lowest BCUT2D eigenvalue weighted by Gasteiger charge is -2.11. The number of amides is 2. The smallest absolute Gasteiger partial charge is 0.414 e. The Bertz CT molecular complexity index is 653. The van der Waals surface area contributed by atoms with Crippen LogP contribution < -0.4 is 14.8 Å². The van der Waals surface area contributed by atoms with E-state index in [-0.39, 0.29) is 17.9 Å². The molecule has 0 spiro atoms. The second-order valence-corrected chi connectivity index (χ2v) is 4.56. The topological polar surface area (TPSA) is 108 Å². The van der Waals surface area contributed by atoms with Crippen LogP contribution in [0.1, 0.15) is 19.4 Å². The molecule has 0 aromatic heterocycles. The van der Waals surface area contributed by atoms with Gasteiger partial charge in [-0.2, -0.15) is 0 Å². The largest absolute Gasteiger partial charge is 0.435 e. The quantitative estimate of drug-likeness (QED) is 0.644. The summed E-state index contributed by atoms with van der Waals surface area (Å²) in [6, 6.07) is 4.45. The van der Waals surface area contributed by atoms with E-state index in [4.69, 9.17) is 14.2 Å². The molecule has 2 amide bonds. The number of hydrogen-bond acceptors (Lipinski definition) is 7. The molecule has 1 atom stereocenters. The molecule has 116 valence electrons. The number of nitrogens with one attached hydrogen (secondary N) is 1. The summed E-state index contributed by atoms with van der Waals surface area (Å²) >= 11 is 0. The molecule has 1 saturated heterocycles. The highest BCUT2D eigenvalue weighted by Gasteiger charge is 2.32. The van der Waals surface area contributed by atoms with Crippen LogP contribution in [0.3, 0.4) is 0 Å². The van der Waals surface area contributed by atoms with E-state index in [2.05, 4.69) is 0 Å². The minimum atomic E-state index is -0.947. The molecular weight excluding hydrogens is 294 g/mol. The fourth-order valence-electron chi connectivity index (χ4n) is 1.89. The van der Waals surface area contributed by atoms with Gasteiger partial charge in [0.05, 0.1) is 0 Å². The summed E-state index contributed by atoms with van der Waals surface area (Å²) < 4.78 is 14.7. The zero-order chi connectivity index (χ0) is 16.3. The normalized spacial score (nSPS) is 16.7. The van der Waals surface area contributed by atoms with Gasteiger partial charge in [-0.05, 0) is 17.7 Å². The van der Waals surface area contributed by atoms with Gasteiger partial charge in [0.1, 0.15) is 0 Å². The molecule has 0 aliphatic carbocycles. The van der Waals surface area contributed by atoms with E-state index in [1.165, 1.54) is 26.0 Å². The van der Waals surface area contributed by atoms with Gasteiger partial charge in [-0.25, -0.2) is 4.79 Å². The fourth-order valence-corrected chi connectivity index (χ4v) is 1.89. The average Bonchev–Trinajstić information content (AvgIpc) is 2.70. The van der Waals surface area contributed by atoms with Gasteiger partial charge in [0.25, 0.3) is 5.91 Å². The van der Waals surface area contributed by atoms with E-state index in [0.717, 1.165) is 0 Å². The van der Waals surface area contributed by atoms with Crippen LogP contribution in [0, 0.1) is 0 Å². The summed E-state index contributed by atoms with van der Waals surface area (Å²) in [6.07, 6.45) is -1.64. The van der Waals surface area contributed by atoms with E-state index >= 15 is 0 Å². The SMILES string of the molecule is CC(=O)Oc1ccc(CC2OC(=O)NC2=O)cc1OC(C)=O. The molecule has 8 nitrogen and oxygen atoms in total. The predicted molar refractivity (Wildman–Crippen MR) is 71.2 cm³/mol. The molecule has 0 bridgehead atoms. The van der Waals surface area contributed by atoms with Gasteiger partial charge >= 0.3 is 18.0 Å². The van der Waals surface area contributed by atoms with Crippen molar-refractivity contribution in [2.45, 2.75) is 26.4 Å². The van der Waals surface area contributed by atoms with Crippen molar-refractivity contribution < 1.29 is 33.4 Å². The highest BCUT2D eigenvalue weighted by Crippen LogP contribution is 2.29. The average molecular weight is 307 g/mol. The Labute approximate surface area is 125 Å². The van der Waals surface area contributed by atoms with Gasteiger partial charge in [0.15, 0.2) is 17.6 Å². The monoisotopic (exact) mass is 307 g/mol. The van der Waals surface area contributed by atoms with Crippen LogP contribution in [0.2, 0.25) is 0 Å². The maximum atomic E-state index is 11.5. The lowest BCUT2D eigenvalue weighted by molar-refractivity contribution is -0.134. The Morgan fingerprint density at radius 1 is 1.14 bits per heavy atom. The molecule has 1 aromatic rings. The van der Waals surface area contributed by atoms with E-state index in [0.29, 0.717) is 5.56 Å². The van der Waals surface area contributed by atoms with Gasteiger partial charge in [-0.3, -0.25) is 19.7 Å². The number of esters is 2. The third-order valence-corrected chi connectivity index (χ3v) is 2.70. The van der Waals surface area contributed by atoms with Crippen molar-refractivity contribution in [2.75, 3.05) is 0 Å². The number of hydrogen-bond donors (Lipinski definition) is 1. The van der Waals surface area contributed by atoms with Crippen molar-refractivity contribution in [3.05, 3.63) is 23.8 Å². The minimum absolute atomic E-state index is 0.0462. The number of rotatable bonds is 4. The third-order valence-electron chi connectivity index (χ3n) is 2.70. The summed E-state index contributed by atoms with van der Waals surface area (Å²) in [4.78, 5) is 44.5. The Kier molecular flexibility index (Phi) is 4.40. The number of carbonyl (C=O) groups is 4. The maximum Gasteiger partial charge on any atom is 0.414 e. The molecule has 0 saturated carbocycles. The van der Waals surface area contributed by atoms with Gasteiger partial charge in [0, 0.05) is 20.3 Å². The molecule has 1 N–H and O–H groups in total. The van der Waals surface area contributed by atoms with Crippen LogP contribution in [0.15, 0.2) is 18.2 Å². The third kappa shape index (κ3) is 3.81. The molecule has 22 heavy (non-hydrogen) atoms. The number of carbonyl (C=O) groups excluding carboxylic acids is 4. The summed E-state index contributed by atoms with van der Waals surface area (Å²) in [6.45, 7) is 2.42. The van der Waals surface area contributed by atoms with E-state index in [1.807, 2.05) is 5.32 Å². The highest BCUT2D eigenvalue weighted by molar-refractivity contribution is 6.00. The first-order chi connectivity index (χ1) is 10.3. The number of benzene rings is 1. The van der Waals surface area contributed by atoms with Gasteiger partial charge in [-0.1, -0.05) is 6.07 Å². The lowest BCUT2D eigenvalue weighted by Crippen LogP contribution is -2.25. The Balaban J connectivity index is 2.22. The molecule has 0 radical (unpaired) electrons. The predicted octanol–water partition coefficient (Wildman–Crippen LogP) is 0.715. The molecule has 1 unspecified atom stereocenters. The molecule has 2 rings (SSSR count). The first kappa shape index (κ1) is 15.5. The van der Waals surface area contributed by atoms with Crippen LogP contribution in [0.4, 0.5) is 4.79 Å². The Hall–Kier alpha value is -2.90. The van der Waals surface area contributed by atoms with Gasteiger partial charge in [-0.15, -0.1) is 0 Å². The zero-order valence-corrected chi connectivity index (χ0v) is 11.9. The van der Waals surface area contributed by atoms with Gasteiger partial charge < -0.3 is 14.2 Å². The molecule has 8 heteroatoms. The van der Waals surface area contributed by atoms with E-state index in [9.17, 15) is 19.2 Å². The molecule has 1 aromatic carbocycles. The second-order valence-electron chi connectivity index (χ2n) is 4.56. The van der Waals surface area contributed by atoms with Crippen LogP contribution in [-0.2, 0) is 25.5 Å². The molecule has 1 aliphatic heterocycles. The van der Waals surface area contributed by atoms with Crippen LogP contribution >= 0.6 is 0 Å². The number of alkyl carbamates (subject to hydrolysis) is 1. The number of imide groups is 1. The maximum absolute atomic E-state index is 11.5. The second kappa shape index (κ2) is 6.25. The van der Waals surface area contributed by atoms with Crippen LogP contribution in [-0.4, -0.2) is 30.0 Å². The first-order valence-electron chi connectivity index (χ1n) is 6.36. The lowest BCUT2D eigenvalue weighted by atomic mass is 10.1. The van der Waals surface area contributed by atoms with Crippen molar-refractivity contribution >= 4 is 23.9 Å². The Morgan fingerprint density at radius 3 is 2.32 bits per heavy atom. The van der Waals surface area contributed by atoms with E-state index in [1.54, 1.807) is 6.07 Å². The standard InChI is InChI=1S/C14H13NO7/c1-7(16)20-10-4-3-9(5-11(10)21-8(2)17)6-12-13(18)15-14(19)22-12/h3-5,12H,6H2,1-2H3,(H,15,18,19). The molecule has 1 fully saturated rings. The minimum Gasteiger partial charge on any atom is -0.435 e. The molecule has 1 aliphatic rings. The number of ether oxygens (including phenoxy) is 3. The summed E-state index contributed by atoms with van der Waals surface area (Å²) in [5.41, 5.74) is 0.571. The van der Waals surface area contributed by atoms with Crippen molar-refractivity contribution in [1.29, 1.82) is 0 Å². The van der Waals surface area contributed by atoms with Crippen molar-refractivity contribution in [1.82, 2.24) is 5.32 Å². The fraction of sp³-hybridized carbons (Fsp3) is 0.286. The first-order valence-corrected chi connectivity index (χ1v) is 6.36. The summed E-state index contributed by atoms with van der Waals surface area (Å²) in [7, 11) is 0. The van der Waals surface area contributed by atoms with E-state index < -0.39 is 30.0 Å². The van der Waals surface area contributed by atoms with Gasteiger partial charge in [0.2, 0.25) is 0 Å². The highest BCUT2D eigenvalue weighted by atomic mass is 16.6.